The van der Waals surface area contributed by atoms with Crippen LogP contribution in [0.2, 0.25) is 0 Å². The van der Waals surface area contributed by atoms with Gasteiger partial charge < -0.3 is 0 Å². The summed E-state index contributed by atoms with van der Waals surface area (Å²) >= 11 is 0. The number of allylic oxidation sites excluding steroid dienone is 4. The monoisotopic (exact) mass is 472 g/mol. The van der Waals surface area contributed by atoms with Crippen LogP contribution >= 0.6 is 0 Å². The van der Waals surface area contributed by atoms with Crippen molar-refractivity contribution < 1.29 is 0 Å². The predicted octanol–water partition coefficient (Wildman–Crippen LogP) is 10.6. The van der Waals surface area contributed by atoms with E-state index in [9.17, 15) is 0 Å². The van der Waals surface area contributed by atoms with E-state index in [4.69, 9.17) is 0 Å². The highest BCUT2D eigenvalue weighted by Crippen LogP contribution is 2.40. The van der Waals surface area contributed by atoms with E-state index in [0.29, 0.717) is 10.8 Å². The Balaban J connectivity index is 0.000000878. The second-order valence-corrected chi connectivity index (χ2v) is 10.5. The van der Waals surface area contributed by atoms with Gasteiger partial charge in [-0.15, -0.1) is 12.8 Å². The third kappa shape index (κ3) is 11.6. The van der Waals surface area contributed by atoms with Gasteiger partial charge in [0.2, 0.25) is 0 Å². The summed E-state index contributed by atoms with van der Waals surface area (Å²) in [7, 11) is 0. The minimum absolute atomic E-state index is 0.294. The number of benzene rings is 2. The molecular formula is C35H52. The first-order valence-corrected chi connectivity index (χ1v) is 13.5. The maximum absolute atomic E-state index is 4.00. The number of terminal acetylenes is 1. The SMILES string of the molecule is C#C.CC.CCC(CC)(CC1=CC=CCC1)c1ccc(CC(C)(C)C)c(C)c1.Cc1ccccc1. The molecule has 0 saturated carbocycles. The summed E-state index contributed by atoms with van der Waals surface area (Å²) in [6.07, 6.45) is 22.1. The highest BCUT2D eigenvalue weighted by molar-refractivity contribution is 5.37. The normalized spacial score (nSPS) is 12.6. The Labute approximate surface area is 219 Å². The van der Waals surface area contributed by atoms with Gasteiger partial charge in [0.25, 0.3) is 0 Å². The summed E-state index contributed by atoms with van der Waals surface area (Å²) in [6, 6.07) is 17.6. The molecule has 0 bridgehead atoms. The van der Waals surface area contributed by atoms with Gasteiger partial charge in [0.05, 0.1) is 0 Å². The van der Waals surface area contributed by atoms with E-state index in [1.807, 2.05) is 32.0 Å². The van der Waals surface area contributed by atoms with Crippen LogP contribution in [0, 0.1) is 32.1 Å². The zero-order valence-electron chi connectivity index (χ0n) is 24.2. The average Bonchev–Trinajstić information content (AvgIpc) is 2.87. The standard InChI is InChI=1S/C24H36.C7H8.C2H6.C2H2/c1-7-24(8-2,17-20-12-10-9-11-13-20)22-15-14-21(19(3)16-22)18-23(4,5)6;1-7-5-3-2-4-6-7;2*1-2/h9-10,12,14-16H,7-8,11,13,17-18H2,1-6H3;2-6H,1H3;1-2H3;1-2H. The third-order valence-corrected chi connectivity index (χ3v) is 6.64. The first-order chi connectivity index (χ1) is 16.7. The van der Waals surface area contributed by atoms with Gasteiger partial charge in [-0.2, -0.15) is 0 Å². The van der Waals surface area contributed by atoms with Crippen molar-refractivity contribution in [2.24, 2.45) is 5.41 Å². The molecular weight excluding hydrogens is 420 g/mol. The number of rotatable bonds is 6. The van der Waals surface area contributed by atoms with Crippen molar-refractivity contribution in [1.29, 1.82) is 0 Å². The van der Waals surface area contributed by atoms with E-state index >= 15 is 0 Å². The Morgan fingerprint density at radius 3 is 1.83 bits per heavy atom. The van der Waals surface area contributed by atoms with Crippen molar-refractivity contribution in [2.75, 3.05) is 0 Å². The van der Waals surface area contributed by atoms with Crippen LogP contribution in [0.25, 0.3) is 0 Å². The number of aryl methyl sites for hydroxylation is 2. The maximum Gasteiger partial charge on any atom is -0.00149 e. The Morgan fingerprint density at radius 2 is 1.43 bits per heavy atom. The van der Waals surface area contributed by atoms with E-state index < -0.39 is 0 Å². The molecule has 2 aromatic rings. The largest absolute Gasteiger partial charge is 0.124 e. The van der Waals surface area contributed by atoms with E-state index in [1.165, 1.54) is 54.4 Å². The molecule has 2 aromatic carbocycles. The molecule has 1 aliphatic rings. The van der Waals surface area contributed by atoms with Crippen LogP contribution in [0.3, 0.4) is 0 Å². The first kappa shape index (κ1) is 32.5. The van der Waals surface area contributed by atoms with Crippen LogP contribution < -0.4 is 0 Å². The molecule has 3 rings (SSSR count). The fourth-order valence-corrected chi connectivity index (χ4v) is 4.57. The molecule has 0 nitrogen and oxygen atoms in total. The van der Waals surface area contributed by atoms with Crippen LogP contribution in [-0.2, 0) is 11.8 Å². The van der Waals surface area contributed by atoms with Gasteiger partial charge in [0.15, 0.2) is 0 Å². The summed E-state index contributed by atoms with van der Waals surface area (Å²) in [5.74, 6) is 0. The Morgan fingerprint density at radius 1 is 0.829 bits per heavy atom. The van der Waals surface area contributed by atoms with E-state index in [2.05, 4.69) is 110 Å². The highest BCUT2D eigenvalue weighted by atomic mass is 14.3. The lowest BCUT2D eigenvalue weighted by Crippen LogP contribution is -2.26. The molecule has 0 aliphatic heterocycles. The molecule has 0 fully saturated rings. The van der Waals surface area contributed by atoms with Gasteiger partial charge in [-0.3, -0.25) is 0 Å². The second-order valence-electron chi connectivity index (χ2n) is 10.5. The lowest BCUT2D eigenvalue weighted by molar-refractivity contribution is 0.385. The van der Waals surface area contributed by atoms with Crippen molar-refractivity contribution in [1.82, 2.24) is 0 Å². The fourth-order valence-electron chi connectivity index (χ4n) is 4.57. The second kappa shape index (κ2) is 17.0. The molecule has 0 unspecified atom stereocenters. The Kier molecular flexibility index (Phi) is 15.8. The molecule has 0 saturated heterocycles. The molecule has 0 aromatic heterocycles. The Hall–Kier alpha value is -2.52. The van der Waals surface area contributed by atoms with Crippen LogP contribution in [0.5, 0.6) is 0 Å². The predicted molar refractivity (Wildman–Crippen MR) is 160 cm³/mol. The molecule has 192 valence electrons. The van der Waals surface area contributed by atoms with Crippen LogP contribution in [-0.4, -0.2) is 0 Å². The molecule has 0 heterocycles. The summed E-state index contributed by atoms with van der Waals surface area (Å²) < 4.78 is 0. The van der Waals surface area contributed by atoms with Crippen LogP contribution in [0.1, 0.15) is 103 Å². The molecule has 1 aliphatic carbocycles. The zero-order chi connectivity index (χ0) is 26.9. The fraction of sp³-hybridized carbons (Fsp3) is 0.486. The lowest BCUT2D eigenvalue weighted by Gasteiger charge is -2.35. The van der Waals surface area contributed by atoms with Crippen LogP contribution in [0.4, 0.5) is 0 Å². The van der Waals surface area contributed by atoms with Gasteiger partial charge in [0, 0.05) is 0 Å². The molecule has 0 heteroatoms. The van der Waals surface area contributed by atoms with Crippen molar-refractivity contribution in [3.63, 3.8) is 0 Å². The van der Waals surface area contributed by atoms with Gasteiger partial charge in [-0.25, -0.2) is 0 Å². The molecule has 0 spiro atoms. The topological polar surface area (TPSA) is 0 Å². The zero-order valence-corrected chi connectivity index (χ0v) is 24.2. The van der Waals surface area contributed by atoms with Crippen molar-refractivity contribution >= 4 is 0 Å². The first-order valence-electron chi connectivity index (χ1n) is 13.5. The van der Waals surface area contributed by atoms with E-state index in [-0.39, 0.29) is 0 Å². The van der Waals surface area contributed by atoms with Crippen LogP contribution in [0.15, 0.2) is 72.3 Å². The van der Waals surface area contributed by atoms with Gasteiger partial charge in [0.1, 0.15) is 0 Å². The number of hydrogen-bond donors (Lipinski definition) is 0. The minimum atomic E-state index is 0.294. The van der Waals surface area contributed by atoms with E-state index in [1.54, 1.807) is 5.57 Å². The van der Waals surface area contributed by atoms with Crippen molar-refractivity contribution in [2.45, 2.75) is 106 Å². The highest BCUT2D eigenvalue weighted by Gasteiger charge is 2.30. The maximum atomic E-state index is 4.00. The number of hydrogen-bond acceptors (Lipinski definition) is 0. The quantitative estimate of drug-likeness (QED) is 0.367. The third-order valence-electron chi connectivity index (χ3n) is 6.64. The minimum Gasteiger partial charge on any atom is -0.124 e. The Bertz CT molecular complexity index is 896. The molecule has 0 atom stereocenters. The molecule has 0 N–H and O–H groups in total. The molecule has 0 amide bonds. The summed E-state index contributed by atoms with van der Waals surface area (Å²) in [4.78, 5) is 0. The summed E-state index contributed by atoms with van der Waals surface area (Å²) in [5.41, 5.74) is 8.09. The van der Waals surface area contributed by atoms with Crippen molar-refractivity contribution in [3.8, 4) is 12.8 Å². The van der Waals surface area contributed by atoms with Gasteiger partial charge >= 0.3 is 0 Å². The molecule has 0 radical (unpaired) electrons. The lowest BCUT2D eigenvalue weighted by atomic mass is 9.70. The van der Waals surface area contributed by atoms with Gasteiger partial charge in [-0.1, -0.05) is 126 Å². The van der Waals surface area contributed by atoms with Crippen molar-refractivity contribution in [3.05, 3.63) is 94.6 Å². The van der Waals surface area contributed by atoms with E-state index in [0.717, 1.165) is 6.42 Å². The smallest absolute Gasteiger partial charge is 0.00149 e. The van der Waals surface area contributed by atoms with Gasteiger partial charge in [-0.05, 0) is 79.9 Å². The summed E-state index contributed by atoms with van der Waals surface area (Å²) in [6.45, 7) is 20.1. The molecule has 35 heavy (non-hydrogen) atoms. The average molecular weight is 473 g/mol. The summed E-state index contributed by atoms with van der Waals surface area (Å²) in [5, 5.41) is 0.